The second-order valence-corrected chi connectivity index (χ2v) is 4.77. The highest BCUT2D eigenvalue weighted by Crippen LogP contribution is 2.17. The highest BCUT2D eigenvalue weighted by atomic mass is 32.2. The maximum Gasteiger partial charge on any atom is 0.191 e. The Bertz CT molecular complexity index is 451. The molecule has 0 N–H and O–H groups in total. The third-order valence-electron chi connectivity index (χ3n) is 2.36. The summed E-state index contributed by atoms with van der Waals surface area (Å²) in [5, 5.41) is 9.30. The summed E-state index contributed by atoms with van der Waals surface area (Å²) >= 11 is 1.73. The molecule has 84 valence electrons. The van der Waals surface area contributed by atoms with Gasteiger partial charge in [0.1, 0.15) is 5.82 Å². The first-order valence-electron chi connectivity index (χ1n) is 5.37. The second kappa shape index (κ2) is 5.16. The van der Waals surface area contributed by atoms with Crippen LogP contribution in [0.1, 0.15) is 18.3 Å². The van der Waals surface area contributed by atoms with Gasteiger partial charge in [-0.05, 0) is 18.2 Å². The number of hydrogen-bond acceptors (Lipinski definition) is 3. The molecule has 2 rings (SSSR count). The fraction of sp³-hybridized carbons (Fsp3) is 0.333. The average molecular weight is 233 g/mol. The van der Waals surface area contributed by atoms with E-state index >= 15 is 0 Å². The van der Waals surface area contributed by atoms with Gasteiger partial charge in [-0.25, -0.2) is 0 Å². The van der Waals surface area contributed by atoms with Crippen LogP contribution in [0.3, 0.4) is 0 Å². The molecule has 0 saturated carbocycles. The first-order valence-corrected chi connectivity index (χ1v) is 6.36. The van der Waals surface area contributed by atoms with Crippen molar-refractivity contribution in [3.05, 3.63) is 41.7 Å². The highest BCUT2D eigenvalue weighted by molar-refractivity contribution is 7.99. The standard InChI is InChI=1S/C12H15N3S/c1-3-16-12-14-13-10(2)15(12)9-11-7-5-4-6-8-11/h4-8H,3,9H2,1-2H3. The summed E-state index contributed by atoms with van der Waals surface area (Å²) < 4.78 is 2.16. The zero-order chi connectivity index (χ0) is 11.4. The van der Waals surface area contributed by atoms with E-state index in [1.165, 1.54) is 5.56 Å². The predicted octanol–water partition coefficient (Wildman–Crippen LogP) is 2.75. The Morgan fingerprint density at radius 1 is 1.19 bits per heavy atom. The lowest BCUT2D eigenvalue weighted by atomic mass is 10.2. The summed E-state index contributed by atoms with van der Waals surface area (Å²) in [6.45, 7) is 4.97. The molecule has 0 bridgehead atoms. The Balaban J connectivity index is 2.23. The number of aromatic nitrogens is 3. The van der Waals surface area contributed by atoms with Gasteiger partial charge in [-0.3, -0.25) is 0 Å². The molecule has 0 fully saturated rings. The van der Waals surface area contributed by atoms with Crippen LogP contribution in [-0.2, 0) is 6.54 Å². The van der Waals surface area contributed by atoms with Gasteiger partial charge in [0.25, 0.3) is 0 Å². The van der Waals surface area contributed by atoms with Crippen molar-refractivity contribution in [2.45, 2.75) is 25.5 Å². The van der Waals surface area contributed by atoms with Crippen LogP contribution in [0, 0.1) is 6.92 Å². The average Bonchev–Trinajstić information content (AvgIpc) is 2.64. The SMILES string of the molecule is CCSc1nnc(C)n1Cc1ccccc1. The summed E-state index contributed by atoms with van der Waals surface area (Å²) in [6.07, 6.45) is 0. The Morgan fingerprint density at radius 3 is 2.62 bits per heavy atom. The molecule has 0 aliphatic heterocycles. The Morgan fingerprint density at radius 2 is 1.94 bits per heavy atom. The van der Waals surface area contributed by atoms with E-state index in [1.807, 2.05) is 13.0 Å². The van der Waals surface area contributed by atoms with Crippen LogP contribution < -0.4 is 0 Å². The molecule has 0 unspecified atom stereocenters. The van der Waals surface area contributed by atoms with Gasteiger partial charge in [-0.1, -0.05) is 49.0 Å². The van der Waals surface area contributed by atoms with Crippen LogP contribution in [0.5, 0.6) is 0 Å². The van der Waals surface area contributed by atoms with Gasteiger partial charge in [0, 0.05) is 0 Å². The number of nitrogens with zero attached hydrogens (tertiary/aromatic N) is 3. The molecule has 4 heteroatoms. The van der Waals surface area contributed by atoms with E-state index in [0.29, 0.717) is 0 Å². The largest absolute Gasteiger partial charge is 0.302 e. The van der Waals surface area contributed by atoms with E-state index < -0.39 is 0 Å². The summed E-state index contributed by atoms with van der Waals surface area (Å²) in [6, 6.07) is 10.4. The molecule has 16 heavy (non-hydrogen) atoms. The fourth-order valence-corrected chi connectivity index (χ4v) is 2.25. The van der Waals surface area contributed by atoms with E-state index in [4.69, 9.17) is 0 Å². The van der Waals surface area contributed by atoms with Gasteiger partial charge in [0.2, 0.25) is 0 Å². The maximum atomic E-state index is 4.18. The van der Waals surface area contributed by atoms with Gasteiger partial charge in [0.15, 0.2) is 5.16 Å². The molecular weight excluding hydrogens is 218 g/mol. The van der Waals surface area contributed by atoms with Crippen molar-refractivity contribution in [1.82, 2.24) is 14.8 Å². The molecule has 0 aliphatic carbocycles. The number of benzene rings is 1. The van der Waals surface area contributed by atoms with Crippen molar-refractivity contribution in [3.8, 4) is 0 Å². The summed E-state index contributed by atoms with van der Waals surface area (Å²) in [5.41, 5.74) is 1.28. The maximum absolute atomic E-state index is 4.18. The van der Waals surface area contributed by atoms with E-state index in [9.17, 15) is 0 Å². The predicted molar refractivity (Wildman–Crippen MR) is 66.7 cm³/mol. The Labute approximate surface area is 99.9 Å². The smallest absolute Gasteiger partial charge is 0.191 e. The molecule has 0 aliphatic rings. The van der Waals surface area contributed by atoms with Crippen molar-refractivity contribution in [1.29, 1.82) is 0 Å². The zero-order valence-corrected chi connectivity index (χ0v) is 10.4. The van der Waals surface area contributed by atoms with Gasteiger partial charge in [-0.2, -0.15) is 0 Å². The molecule has 1 heterocycles. The van der Waals surface area contributed by atoms with Gasteiger partial charge in [0.05, 0.1) is 6.54 Å². The lowest BCUT2D eigenvalue weighted by Gasteiger charge is -2.07. The Kier molecular flexibility index (Phi) is 3.62. The molecule has 0 radical (unpaired) electrons. The second-order valence-electron chi connectivity index (χ2n) is 3.53. The minimum atomic E-state index is 0.849. The molecule has 0 atom stereocenters. The van der Waals surface area contributed by atoms with Crippen molar-refractivity contribution in [2.24, 2.45) is 0 Å². The number of rotatable bonds is 4. The van der Waals surface area contributed by atoms with E-state index in [-0.39, 0.29) is 0 Å². The topological polar surface area (TPSA) is 30.7 Å². The lowest BCUT2D eigenvalue weighted by Crippen LogP contribution is -2.03. The molecule has 0 amide bonds. The van der Waals surface area contributed by atoms with Gasteiger partial charge < -0.3 is 4.57 Å². The first kappa shape index (κ1) is 11.2. The first-order chi connectivity index (χ1) is 7.81. The normalized spacial score (nSPS) is 10.6. The Hall–Kier alpha value is -1.29. The van der Waals surface area contributed by atoms with Gasteiger partial charge in [-0.15, -0.1) is 10.2 Å². The van der Waals surface area contributed by atoms with E-state index in [0.717, 1.165) is 23.3 Å². The van der Waals surface area contributed by atoms with Crippen molar-refractivity contribution >= 4 is 11.8 Å². The van der Waals surface area contributed by atoms with E-state index in [2.05, 4.69) is 46.0 Å². The molecule has 1 aromatic heterocycles. The summed E-state index contributed by atoms with van der Waals surface area (Å²) in [5.74, 6) is 1.99. The summed E-state index contributed by atoms with van der Waals surface area (Å²) in [4.78, 5) is 0. The van der Waals surface area contributed by atoms with Crippen molar-refractivity contribution < 1.29 is 0 Å². The third kappa shape index (κ3) is 2.44. The molecule has 2 aromatic rings. The minimum absolute atomic E-state index is 0.849. The third-order valence-corrected chi connectivity index (χ3v) is 3.21. The quantitative estimate of drug-likeness (QED) is 0.761. The molecule has 0 saturated heterocycles. The highest BCUT2D eigenvalue weighted by Gasteiger charge is 2.08. The number of thioether (sulfide) groups is 1. The zero-order valence-electron chi connectivity index (χ0n) is 9.55. The molecule has 0 spiro atoms. The van der Waals surface area contributed by atoms with Gasteiger partial charge >= 0.3 is 0 Å². The fourth-order valence-electron chi connectivity index (χ4n) is 1.55. The molecular formula is C12H15N3S. The van der Waals surface area contributed by atoms with Crippen LogP contribution in [-0.4, -0.2) is 20.5 Å². The van der Waals surface area contributed by atoms with Crippen molar-refractivity contribution in [2.75, 3.05) is 5.75 Å². The van der Waals surface area contributed by atoms with Crippen LogP contribution >= 0.6 is 11.8 Å². The minimum Gasteiger partial charge on any atom is -0.302 e. The van der Waals surface area contributed by atoms with Crippen LogP contribution in [0.4, 0.5) is 0 Å². The summed E-state index contributed by atoms with van der Waals surface area (Å²) in [7, 11) is 0. The number of hydrogen-bond donors (Lipinski definition) is 0. The van der Waals surface area contributed by atoms with Crippen LogP contribution in [0.15, 0.2) is 35.5 Å². The molecule has 1 aromatic carbocycles. The van der Waals surface area contributed by atoms with E-state index in [1.54, 1.807) is 11.8 Å². The lowest BCUT2D eigenvalue weighted by molar-refractivity contribution is 0.688. The van der Waals surface area contributed by atoms with Crippen molar-refractivity contribution in [3.63, 3.8) is 0 Å². The monoisotopic (exact) mass is 233 g/mol. The van der Waals surface area contributed by atoms with Crippen LogP contribution in [0.25, 0.3) is 0 Å². The van der Waals surface area contributed by atoms with Crippen LogP contribution in [0.2, 0.25) is 0 Å². The molecule has 3 nitrogen and oxygen atoms in total. The number of aryl methyl sites for hydroxylation is 1.